The number of nitrogens with zero attached hydrogens (tertiary/aromatic N) is 5. The number of H-pyrrole nitrogens is 1. The molecule has 0 unspecified atom stereocenters. The van der Waals surface area contributed by atoms with Crippen LogP contribution in [0.2, 0.25) is 0 Å². The van der Waals surface area contributed by atoms with E-state index in [1.54, 1.807) is 24.7 Å². The molecule has 12 heteroatoms. The van der Waals surface area contributed by atoms with Crippen LogP contribution in [0.5, 0.6) is 0 Å². The van der Waals surface area contributed by atoms with Crippen LogP contribution in [0, 0.1) is 0 Å². The van der Waals surface area contributed by atoms with Crippen molar-refractivity contribution in [2.75, 3.05) is 44.3 Å². The number of alkyl halides is 3. The maximum atomic E-state index is 13.8. The van der Waals surface area contributed by atoms with Crippen LogP contribution in [0.3, 0.4) is 0 Å². The van der Waals surface area contributed by atoms with E-state index in [1.165, 1.54) is 17.8 Å². The van der Waals surface area contributed by atoms with Crippen molar-refractivity contribution in [1.29, 1.82) is 0 Å². The van der Waals surface area contributed by atoms with E-state index in [0.717, 1.165) is 59.4 Å². The third-order valence-electron chi connectivity index (χ3n) is 6.85. The third-order valence-corrected chi connectivity index (χ3v) is 7.84. The van der Waals surface area contributed by atoms with Crippen molar-refractivity contribution in [3.63, 3.8) is 0 Å². The minimum atomic E-state index is -4.50. The number of anilines is 1. The molecule has 4 aromatic rings. The Morgan fingerprint density at radius 1 is 1.10 bits per heavy atom. The van der Waals surface area contributed by atoms with Gasteiger partial charge in [0.1, 0.15) is 0 Å². The van der Waals surface area contributed by atoms with E-state index >= 15 is 0 Å². The van der Waals surface area contributed by atoms with Crippen molar-refractivity contribution in [2.45, 2.75) is 24.0 Å². The zero-order chi connectivity index (χ0) is 28.8. The summed E-state index contributed by atoms with van der Waals surface area (Å²) in [5.41, 5.74) is 2.02. The summed E-state index contributed by atoms with van der Waals surface area (Å²) in [5.74, 6) is 0.134. The largest absolute Gasteiger partial charge is 0.416 e. The van der Waals surface area contributed by atoms with Gasteiger partial charge in [-0.3, -0.25) is 24.8 Å². The number of benzene rings is 2. The van der Waals surface area contributed by atoms with E-state index < -0.39 is 11.7 Å². The number of halogens is 3. The molecule has 0 radical (unpaired) electrons. The molecule has 1 aliphatic heterocycles. The highest BCUT2D eigenvalue weighted by Gasteiger charge is 2.34. The van der Waals surface area contributed by atoms with E-state index in [0.29, 0.717) is 5.75 Å². The van der Waals surface area contributed by atoms with Gasteiger partial charge in [0.25, 0.3) is 0 Å². The quantitative estimate of drug-likeness (QED) is 0.256. The summed E-state index contributed by atoms with van der Waals surface area (Å²) >= 11 is 1.49. The highest BCUT2D eigenvalue weighted by Crippen LogP contribution is 2.35. The highest BCUT2D eigenvalue weighted by molar-refractivity contribution is 7.99. The minimum absolute atomic E-state index is 0.149. The summed E-state index contributed by atoms with van der Waals surface area (Å²) in [5, 5.41) is 11.0. The Hall–Kier alpha value is -3.74. The SMILES string of the molecule is CN1CCN(Cc2ccc(NC(=O)CCSc3ccc4c(/C=C/c5cnccn5)n[nH]c4c3)cc2C(F)(F)F)CC1. The fraction of sp³-hybridized carbons (Fsp3) is 0.310. The van der Waals surface area contributed by atoms with Gasteiger partial charge >= 0.3 is 6.18 Å². The second-order valence-corrected chi connectivity index (χ2v) is 11.0. The predicted octanol–water partition coefficient (Wildman–Crippen LogP) is 5.41. The maximum absolute atomic E-state index is 13.8. The molecule has 0 atom stereocenters. The van der Waals surface area contributed by atoms with Crippen LogP contribution in [0.4, 0.5) is 18.9 Å². The molecule has 1 aliphatic rings. The maximum Gasteiger partial charge on any atom is 0.416 e. The zero-order valence-electron chi connectivity index (χ0n) is 22.5. The number of likely N-dealkylation sites (N-methyl/N-ethyl adjacent to an activating group) is 1. The number of rotatable bonds is 9. The monoisotopic (exact) mass is 581 g/mol. The molecule has 41 heavy (non-hydrogen) atoms. The van der Waals surface area contributed by atoms with Crippen molar-refractivity contribution in [3.05, 3.63) is 77.5 Å². The molecule has 0 bridgehead atoms. The number of hydrogen-bond donors (Lipinski definition) is 2. The average Bonchev–Trinajstić information content (AvgIpc) is 3.36. The Labute approximate surface area is 240 Å². The van der Waals surface area contributed by atoms with Gasteiger partial charge in [-0.2, -0.15) is 18.3 Å². The first kappa shape index (κ1) is 28.8. The van der Waals surface area contributed by atoms with Crippen LogP contribution < -0.4 is 5.32 Å². The summed E-state index contributed by atoms with van der Waals surface area (Å²) in [7, 11) is 2.00. The van der Waals surface area contributed by atoms with Gasteiger partial charge in [0.2, 0.25) is 5.91 Å². The number of amides is 1. The van der Waals surface area contributed by atoms with Gasteiger partial charge in [-0.05, 0) is 55.1 Å². The van der Waals surface area contributed by atoms with Crippen LogP contribution in [0.25, 0.3) is 23.1 Å². The number of thioether (sulfide) groups is 1. The summed E-state index contributed by atoms with van der Waals surface area (Å²) in [6.07, 6.45) is 4.25. The normalized spacial score (nSPS) is 15.1. The minimum Gasteiger partial charge on any atom is -0.326 e. The Morgan fingerprint density at radius 2 is 1.93 bits per heavy atom. The van der Waals surface area contributed by atoms with Gasteiger partial charge in [0, 0.05) is 73.3 Å². The van der Waals surface area contributed by atoms with Gasteiger partial charge in [-0.1, -0.05) is 6.07 Å². The lowest BCUT2D eigenvalue weighted by Crippen LogP contribution is -2.44. The lowest BCUT2D eigenvalue weighted by Gasteiger charge is -2.33. The lowest BCUT2D eigenvalue weighted by atomic mass is 10.0. The molecular weight excluding hydrogens is 551 g/mol. The van der Waals surface area contributed by atoms with E-state index in [2.05, 4.69) is 30.4 Å². The van der Waals surface area contributed by atoms with E-state index in [-0.39, 0.29) is 30.1 Å². The van der Waals surface area contributed by atoms with Crippen molar-refractivity contribution >= 4 is 46.4 Å². The van der Waals surface area contributed by atoms with Crippen molar-refractivity contribution in [2.24, 2.45) is 0 Å². The second kappa shape index (κ2) is 12.8. The van der Waals surface area contributed by atoms with Crippen molar-refractivity contribution in [1.82, 2.24) is 30.0 Å². The van der Waals surface area contributed by atoms with Crippen LogP contribution in [-0.4, -0.2) is 74.9 Å². The molecule has 8 nitrogen and oxygen atoms in total. The Balaban J connectivity index is 1.15. The molecule has 1 saturated heterocycles. The summed E-state index contributed by atoms with van der Waals surface area (Å²) in [6.45, 7) is 3.32. The first-order chi connectivity index (χ1) is 19.7. The standard InChI is InChI=1S/C29H30F3N7OS/c1-38-11-13-39(14-12-38)19-20-2-3-21(16-25(20)29(30,31)32)35-28(40)8-15-41-23-5-6-24-26(36-37-27(24)17-23)7-4-22-18-33-9-10-34-22/h2-7,9-10,16-18H,8,11-15,19H2,1H3,(H,35,40)(H,36,37)/b7-4+. The van der Waals surface area contributed by atoms with Crippen LogP contribution in [-0.2, 0) is 17.5 Å². The smallest absolute Gasteiger partial charge is 0.326 e. The molecule has 2 N–H and O–H groups in total. The molecule has 214 valence electrons. The first-order valence-electron chi connectivity index (χ1n) is 13.2. The number of carbonyl (C=O) groups is 1. The Morgan fingerprint density at radius 3 is 2.68 bits per heavy atom. The van der Waals surface area contributed by atoms with Gasteiger partial charge in [-0.15, -0.1) is 11.8 Å². The fourth-order valence-electron chi connectivity index (χ4n) is 4.59. The highest BCUT2D eigenvalue weighted by atomic mass is 32.2. The van der Waals surface area contributed by atoms with Gasteiger partial charge in [0.05, 0.1) is 28.7 Å². The number of carbonyl (C=O) groups excluding carboxylic acids is 1. The van der Waals surface area contributed by atoms with Crippen LogP contribution in [0.1, 0.15) is 28.9 Å². The number of fused-ring (bicyclic) bond motifs is 1. The number of piperazine rings is 1. The molecule has 1 amide bonds. The van der Waals surface area contributed by atoms with Gasteiger partial charge in [0.15, 0.2) is 0 Å². The Bertz CT molecular complexity index is 1520. The summed E-state index contributed by atoms with van der Waals surface area (Å²) in [6, 6.07) is 9.93. The first-order valence-corrected chi connectivity index (χ1v) is 14.2. The topological polar surface area (TPSA) is 90.0 Å². The van der Waals surface area contributed by atoms with E-state index in [9.17, 15) is 18.0 Å². The number of aromatic amines is 1. The van der Waals surface area contributed by atoms with Gasteiger partial charge < -0.3 is 10.2 Å². The number of nitrogens with one attached hydrogen (secondary N) is 2. The van der Waals surface area contributed by atoms with Crippen molar-refractivity contribution < 1.29 is 18.0 Å². The molecule has 2 aromatic heterocycles. The number of hydrogen-bond acceptors (Lipinski definition) is 7. The molecular formula is C29H30F3N7OS. The van der Waals surface area contributed by atoms with E-state index in [4.69, 9.17) is 0 Å². The average molecular weight is 582 g/mol. The van der Waals surface area contributed by atoms with Crippen LogP contribution >= 0.6 is 11.8 Å². The summed E-state index contributed by atoms with van der Waals surface area (Å²) in [4.78, 5) is 25.9. The Kier molecular flexibility index (Phi) is 9.01. The third kappa shape index (κ3) is 7.72. The predicted molar refractivity (Wildman–Crippen MR) is 155 cm³/mol. The van der Waals surface area contributed by atoms with Crippen LogP contribution in [0.15, 0.2) is 59.9 Å². The molecule has 5 rings (SSSR count). The number of aromatic nitrogens is 4. The summed E-state index contributed by atoms with van der Waals surface area (Å²) < 4.78 is 41.5. The van der Waals surface area contributed by atoms with Crippen molar-refractivity contribution in [3.8, 4) is 0 Å². The molecule has 1 fully saturated rings. The molecule has 0 aliphatic carbocycles. The molecule has 0 saturated carbocycles. The lowest BCUT2D eigenvalue weighted by molar-refractivity contribution is -0.138. The fourth-order valence-corrected chi connectivity index (χ4v) is 5.47. The molecule has 2 aromatic carbocycles. The molecule has 3 heterocycles. The second-order valence-electron chi connectivity index (χ2n) is 9.88. The zero-order valence-corrected chi connectivity index (χ0v) is 23.3. The van der Waals surface area contributed by atoms with Gasteiger partial charge in [-0.25, -0.2) is 0 Å². The van der Waals surface area contributed by atoms with E-state index in [1.807, 2.05) is 42.3 Å². The molecule has 0 spiro atoms.